The van der Waals surface area contributed by atoms with Crippen molar-refractivity contribution in [2.45, 2.75) is 6.92 Å². The second-order valence-corrected chi connectivity index (χ2v) is 2.36. The van der Waals surface area contributed by atoms with Crippen molar-refractivity contribution in [1.29, 1.82) is 0 Å². The van der Waals surface area contributed by atoms with Crippen LogP contribution < -0.4 is 4.74 Å². The number of aliphatic hydroxyl groups is 1. The number of hydrogen-bond donors (Lipinski definition) is 2. The molecular formula is C10H14O4. The number of ether oxygens (including phenoxy) is 1. The van der Waals surface area contributed by atoms with Gasteiger partial charge in [-0.25, -0.2) is 0 Å². The lowest BCUT2D eigenvalue weighted by Gasteiger charge is -2.00. The number of aromatic hydroxyl groups is 1. The Morgan fingerprint density at radius 2 is 2.07 bits per heavy atom. The molecule has 0 bridgehead atoms. The minimum absolute atomic E-state index is 0.0562. The summed E-state index contributed by atoms with van der Waals surface area (Å²) in [7, 11) is 1.50. The predicted octanol–water partition coefficient (Wildman–Crippen LogP) is 1.21. The van der Waals surface area contributed by atoms with Crippen molar-refractivity contribution >= 4 is 6.29 Å². The largest absolute Gasteiger partial charge is 0.507 e. The minimum atomic E-state index is -0.0562. The Hall–Kier alpha value is -1.55. The van der Waals surface area contributed by atoms with Crippen LogP contribution in [0.25, 0.3) is 0 Å². The highest BCUT2D eigenvalue weighted by Crippen LogP contribution is 2.21. The van der Waals surface area contributed by atoms with Gasteiger partial charge in [0.2, 0.25) is 0 Å². The molecule has 0 saturated heterocycles. The third kappa shape index (κ3) is 3.91. The topological polar surface area (TPSA) is 66.8 Å². The Morgan fingerprint density at radius 3 is 2.43 bits per heavy atom. The minimum Gasteiger partial charge on any atom is -0.507 e. The van der Waals surface area contributed by atoms with Gasteiger partial charge in [0.1, 0.15) is 11.5 Å². The lowest BCUT2D eigenvalue weighted by Crippen LogP contribution is -1.85. The molecular weight excluding hydrogens is 184 g/mol. The van der Waals surface area contributed by atoms with Crippen LogP contribution in [0.2, 0.25) is 0 Å². The molecule has 0 spiro atoms. The molecule has 0 fully saturated rings. The Morgan fingerprint density at radius 1 is 1.50 bits per heavy atom. The summed E-state index contributed by atoms with van der Waals surface area (Å²) in [6, 6.07) is 4.51. The fraction of sp³-hybridized carbons (Fsp3) is 0.300. The summed E-state index contributed by atoms with van der Waals surface area (Å²) in [5.41, 5.74) is 0.269. The smallest absolute Gasteiger partial charge is 0.153 e. The first-order valence-corrected chi connectivity index (χ1v) is 4.12. The molecule has 0 aliphatic carbocycles. The number of hydrogen-bond acceptors (Lipinski definition) is 4. The lowest BCUT2D eigenvalue weighted by atomic mass is 10.2. The van der Waals surface area contributed by atoms with Crippen molar-refractivity contribution in [3.63, 3.8) is 0 Å². The third-order valence-electron chi connectivity index (χ3n) is 1.36. The third-order valence-corrected chi connectivity index (χ3v) is 1.36. The molecule has 78 valence electrons. The SMILES string of the molecule is CCO.COc1ccc(C=O)c(O)c1. The molecule has 0 radical (unpaired) electrons. The maximum absolute atomic E-state index is 10.2. The van der Waals surface area contributed by atoms with Gasteiger partial charge in [-0.15, -0.1) is 0 Å². The summed E-state index contributed by atoms with van der Waals surface area (Å²) in [6.07, 6.45) is 0.592. The number of benzene rings is 1. The first-order valence-electron chi connectivity index (χ1n) is 4.12. The van der Waals surface area contributed by atoms with E-state index in [1.54, 1.807) is 13.0 Å². The van der Waals surface area contributed by atoms with Crippen LogP contribution in [0.1, 0.15) is 17.3 Å². The zero-order valence-electron chi connectivity index (χ0n) is 8.23. The lowest BCUT2D eigenvalue weighted by molar-refractivity contribution is 0.112. The zero-order chi connectivity index (χ0) is 11.0. The van der Waals surface area contributed by atoms with Crippen LogP contribution in [0.4, 0.5) is 0 Å². The van der Waals surface area contributed by atoms with Crippen LogP contribution in [-0.4, -0.2) is 30.2 Å². The van der Waals surface area contributed by atoms with E-state index in [0.717, 1.165) is 0 Å². The second kappa shape index (κ2) is 6.91. The number of phenols is 1. The number of phenolic OH excluding ortho intramolecular Hbond substituents is 1. The molecule has 0 aromatic heterocycles. The molecule has 0 saturated carbocycles. The maximum atomic E-state index is 10.2. The maximum Gasteiger partial charge on any atom is 0.153 e. The zero-order valence-corrected chi connectivity index (χ0v) is 8.23. The molecule has 0 atom stereocenters. The van der Waals surface area contributed by atoms with E-state index in [1.165, 1.54) is 19.2 Å². The van der Waals surface area contributed by atoms with Crippen molar-refractivity contribution in [3.05, 3.63) is 23.8 Å². The molecule has 4 heteroatoms. The molecule has 0 amide bonds. The second-order valence-electron chi connectivity index (χ2n) is 2.36. The monoisotopic (exact) mass is 198 g/mol. The molecule has 0 aliphatic rings. The van der Waals surface area contributed by atoms with Gasteiger partial charge >= 0.3 is 0 Å². The van der Waals surface area contributed by atoms with E-state index in [-0.39, 0.29) is 17.9 Å². The van der Waals surface area contributed by atoms with Crippen molar-refractivity contribution in [2.75, 3.05) is 13.7 Å². The predicted molar refractivity (Wildman–Crippen MR) is 52.8 cm³/mol. The first kappa shape index (κ1) is 12.4. The van der Waals surface area contributed by atoms with E-state index >= 15 is 0 Å². The summed E-state index contributed by atoms with van der Waals surface area (Å²) < 4.78 is 4.82. The Bertz CT molecular complexity index is 283. The first-order chi connectivity index (χ1) is 6.69. The Labute approximate surface area is 82.8 Å². The fourth-order valence-corrected chi connectivity index (χ4v) is 0.750. The van der Waals surface area contributed by atoms with Gasteiger partial charge in [-0.3, -0.25) is 4.79 Å². The summed E-state index contributed by atoms with van der Waals surface area (Å²) in [5, 5.41) is 16.7. The Kier molecular flexibility index (Phi) is 6.15. The van der Waals surface area contributed by atoms with Crippen LogP contribution in [-0.2, 0) is 0 Å². The summed E-state index contributed by atoms with van der Waals surface area (Å²) >= 11 is 0. The van der Waals surface area contributed by atoms with Crippen LogP contribution in [0.5, 0.6) is 11.5 Å². The van der Waals surface area contributed by atoms with E-state index in [0.29, 0.717) is 12.0 Å². The highest BCUT2D eigenvalue weighted by Gasteiger charge is 1.99. The van der Waals surface area contributed by atoms with E-state index in [9.17, 15) is 4.79 Å². The van der Waals surface area contributed by atoms with E-state index in [4.69, 9.17) is 14.9 Å². The van der Waals surface area contributed by atoms with Gasteiger partial charge in [-0.2, -0.15) is 0 Å². The molecule has 1 rings (SSSR count). The number of carbonyl (C=O) groups excluding carboxylic acids is 1. The van der Waals surface area contributed by atoms with Crippen LogP contribution in [0, 0.1) is 0 Å². The molecule has 1 aromatic rings. The van der Waals surface area contributed by atoms with Crippen molar-refractivity contribution in [3.8, 4) is 11.5 Å². The molecule has 0 heterocycles. The average Bonchev–Trinajstić information content (AvgIpc) is 2.19. The standard InChI is InChI=1S/C8H8O3.C2H6O/c1-11-7-3-2-6(5-9)8(10)4-7;1-2-3/h2-5,10H,1H3;3H,2H2,1H3. The van der Waals surface area contributed by atoms with Gasteiger partial charge < -0.3 is 14.9 Å². The van der Waals surface area contributed by atoms with Gasteiger partial charge in [-0.05, 0) is 19.1 Å². The molecule has 4 nitrogen and oxygen atoms in total. The molecule has 0 unspecified atom stereocenters. The molecule has 1 aromatic carbocycles. The molecule has 14 heavy (non-hydrogen) atoms. The number of aldehydes is 1. The van der Waals surface area contributed by atoms with Gasteiger partial charge in [0, 0.05) is 12.7 Å². The van der Waals surface area contributed by atoms with Gasteiger partial charge in [0.05, 0.1) is 12.7 Å². The van der Waals surface area contributed by atoms with E-state index < -0.39 is 0 Å². The molecule has 2 N–H and O–H groups in total. The van der Waals surface area contributed by atoms with Crippen LogP contribution in [0.3, 0.4) is 0 Å². The number of methoxy groups -OCH3 is 1. The van der Waals surface area contributed by atoms with Gasteiger partial charge in [-0.1, -0.05) is 0 Å². The quantitative estimate of drug-likeness (QED) is 0.701. The highest BCUT2D eigenvalue weighted by molar-refractivity contribution is 5.79. The van der Waals surface area contributed by atoms with Crippen LogP contribution in [0.15, 0.2) is 18.2 Å². The summed E-state index contributed by atoms with van der Waals surface area (Å²) in [6.45, 7) is 1.93. The molecule has 0 aliphatic heterocycles. The fourth-order valence-electron chi connectivity index (χ4n) is 0.750. The number of carbonyl (C=O) groups is 1. The average molecular weight is 198 g/mol. The van der Waals surface area contributed by atoms with Crippen LogP contribution >= 0.6 is 0 Å². The van der Waals surface area contributed by atoms with Crippen molar-refractivity contribution < 1.29 is 19.7 Å². The van der Waals surface area contributed by atoms with Crippen molar-refractivity contribution in [1.82, 2.24) is 0 Å². The van der Waals surface area contributed by atoms with Crippen molar-refractivity contribution in [2.24, 2.45) is 0 Å². The van der Waals surface area contributed by atoms with E-state index in [2.05, 4.69) is 0 Å². The number of aliphatic hydroxyl groups excluding tert-OH is 1. The van der Waals surface area contributed by atoms with Gasteiger partial charge in [0.25, 0.3) is 0 Å². The van der Waals surface area contributed by atoms with Gasteiger partial charge in [0.15, 0.2) is 6.29 Å². The number of rotatable bonds is 2. The highest BCUT2D eigenvalue weighted by atomic mass is 16.5. The van der Waals surface area contributed by atoms with E-state index in [1.807, 2.05) is 0 Å². The summed E-state index contributed by atoms with van der Waals surface area (Å²) in [4.78, 5) is 10.2. The normalized spacial score (nSPS) is 8.50. The summed E-state index contributed by atoms with van der Waals surface area (Å²) in [5.74, 6) is 0.479. The Balaban J connectivity index is 0.000000500.